The lowest BCUT2D eigenvalue weighted by molar-refractivity contribution is -0.243. The first-order valence-electron chi connectivity index (χ1n) is 7.26. The van der Waals surface area contributed by atoms with Gasteiger partial charge in [0, 0.05) is 24.9 Å². The van der Waals surface area contributed by atoms with Gasteiger partial charge in [0.05, 0.1) is 5.02 Å². The normalized spacial score (nSPS) is 23.8. The van der Waals surface area contributed by atoms with Crippen molar-refractivity contribution in [3.8, 4) is 5.75 Å². The maximum absolute atomic E-state index is 11.0. The molecule has 1 fully saturated rings. The third kappa shape index (κ3) is 3.38. The van der Waals surface area contributed by atoms with Crippen molar-refractivity contribution in [1.29, 1.82) is 0 Å². The molecule has 1 aliphatic heterocycles. The van der Waals surface area contributed by atoms with Gasteiger partial charge in [-0.15, -0.1) is 0 Å². The molecule has 22 heavy (non-hydrogen) atoms. The van der Waals surface area contributed by atoms with Crippen molar-refractivity contribution in [3.05, 3.63) is 28.8 Å². The Hall–Kier alpha value is -0.860. The molecule has 0 saturated heterocycles. The van der Waals surface area contributed by atoms with Gasteiger partial charge in [-0.3, -0.25) is 4.55 Å². The Morgan fingerprint density at radius 1 is 1.32 bits per heavy atom. The highest BCUT2D eigenvalue weighted by molar-refractivity contribution is 7.83. The zero-order valence-corrected chi connectivity index (χ0v) is 13.5. The Bertz CT molecular complexity index is 657. The van der Waals surface area contributed by atoms with E-state index in [-0.39, 0.29) is 6.54 Å². The van der Waals surface area contributed by atoms with Crippen LogP contribution in [-0.4, -0.2) is 25.3 Å². The van der Waals surface area contributed by atoms with E-state index in [9.17, 15) is 8.42 Å². The molecular weight excluding hydrogens is 330 g/mol. The number of benzene rings is 1. The monoisotopic (exact) mass is 347 g/mol. The minimum absolute atomic E-state index is 0.0721. The van der Waals surface area contributed by atoms with E-state index in [4.69, 9.17) is 25.6 Å². The van der Waals surface area contributed by atoms with Crippen LogP contribution in [0.25, 0.3) is 0 Å². The maximum Gasteiger partial charge on any atom is 0.333 e. The van der Waals surface area contributed by atoms with Crippen LogP contribution in [0.4, 0.5) is 0 Å². The lowest BCUT2D eigenvalue weighted by Gasteiger charge is -2.44. The summed E-state index contributed by atoms with van der Waals surface area (Å²) in [6, 6.07) is 5.27. The Labute approximate surface area is 134 Å². The van der Waals surface area contributed by atoms with Crippen LogP contribution in [-0.2, 0) is 15.0 Å². The van der Waals surface area contributed by atoms with Gasteiger partial charge >= 0.3 is 10.3 Å². The summed E-state index contributed by atoms with van der Waals surface area (Å²) in [5, 5.41) is 0.475. The molecular formula is C14H18ClNO5S. The molecule has 1 aromatic carbocycles. The van der Waals surface area contributed by atoms with Crippen molar-refractivity contribution >= 4 is 21.9 Å². The topological polar surface area (TPSA) is 84.9 Å². The molecule has 1 aromatic rings. The van der Waals surface area contributed by atoms with Gasteiger partial charge in [0.15, 0.2) is 0 Å². The molecule has 3 rings (SSSR count). The Morgan fingerprint density at radius 2 is 2.05 bits per heavy atom. The first-order valence-corrected chi connectivity index (χ1v) is 9.08. The van der Waals surface area contributed by atoms with Crippen LogP contribution in [0.1, 0.15) is 43.8 Å². The fourth-order valence-corrected chi connectivity index (χ4v) is 3.64. The average molecular weight is 348 g/mol. The number of nitrogens with one attached hydrogen (secondary N) is 1. The fourth-order valence-electron chi connectivity index (χ4n) is 3.06. The van der Waals surface area contributed by atoms with Crippen molar-refractivity contribution in [2.24, 2.45) is 0 Å². The number of rotatable bonds is 3. The molecule has 0 bridgehead atoms. The quantitative estimate of drug-likeness (QED) is 0.821. The highest BCUT2D eigenvalue weighted by atomic mass is 35.5. The summed E-state index contributed by atoms with van der Waals surface area (Å²) >= 11 is 6.23. The van der Waals surface area contributed by atoms with Gasteiger partial charge < -0.3 is 9.47 Å². The van der Waals surface area contributed by atoms with E-state index >= 15 is 0 Å². The highest BCUT2D eigenvalue weighted by Crippen LogP contribution is 2.47. The number of fused-ring (bicyclic) bond motifs is 1. The summed E-state index contributed by atoms with van der Waals surface area (Å²) in [5.74, 6) is -0.221. The second-order valence-corrected chi connectivity index (χ2v) is 7.31. The molecule has 2 N–H and O–H groups in total. The summed E-state index contributed by atoms with van der Waals surface area (Å²) in [6.07, 6.45) is 4.01. The number of para-hydroxylation sites is 1. The predicted octanol–water partition coefficient (Wildman–Crippen LogP) is 2.84. The highest BCUT2D eigenvalue weighted by Gasteiger charge is 2.43. The summed E-state index contributed by atoms with van der Waals surface area (Å²) in [6.45, 7) is -0.0721. The first kappa shape index (κ1) is 16.0. The summed E-state index contributed by atoms with van der Waals surface area (Å²) in [5.41, 5.74) is 0.680. The minimum Gasteiger partial charge on any atom is -0.460 e. The van der Waals surface area contributed by atoms with E-state index in [1.54, 1.807) is 18.2 Å². The molecule has 0 radical (unpaired) electrons. The molecule has 8 heteroatoms. The number of hydrogen-bond donors (Lipinski definition) is 2. The third-order valence-electron chi connectivity index (χ3n) is 4.06. The van der Waals surface area contributed by atoms with Crippen molar-refractivity contribution in [3.63, 3.8) is 0 Å². The molecule has 0 aromatic heterocycles. The Morgan fingerprint density at radius 3 is 2.73 bits per heavy atom. The zero-order valence-electron chi connectivity index (χ0n) is 11.9. The molecule has 1 aliphatic carbocycles. The molecule has 1 heterocycles. The van der Waals surface area contributed by atoms with Gasteiger partial charge in [0.1, 0.15) is 11.9 Å². The largest absolute Gasteiger partial charge is 0.460 e. The Kier molecular flexibility index (Phi) is 4.35. The lowest BCUT2D eigenvalue weighted by atomic mass is 9.92. The van der Waals surface area contributed by atoms with Crippen LogP contribution >= 0.6 is 11.6 Å². The lowest BCUT2D eigenvalue weighted by Crippen LogP contribution is -2.47. The van der Waals surface area contributed by atoms with Crippen LogP contribution in [0.5, 0.6) is 5.75 Å². The molecule has 1 spiro atoms. The van der Waals surface area contributed by atoms with E-state index in [1.165, 1.54) is 0 Å². The number of hydrogen-bond acceptors (Lipinski definition) is 4. The fraction of sp³-hybridized carbons (Fsp3) is 0.571. The molecule has 0 unspecified atom stereocenters. The standard InChI is InChI=1S/C14H18ClNO5S/c15-11-6-4-5-10-12(9-16-22(17,18)19)20-14(21-13(10)11)7-2-1-3-8-14/h4-6,12,16H,1-3,7-9H2,(H,17,18,19)/t12-/m0/s1. The van der Waals surface area contributed by atoms with Gasteiger partial charge in [0.25, 0.3) is 0 Å². The second-order valence-electron chi connectivity index (χ2n) is 5.66. The van der Waals surface area contributed by atoms with Crippen molar-refractivity contribution in [1.82, 2.24) is 4.72 Å². The van der Waals surface area contributed by atoms with Crippen molar-refractivity contribution in [2.45, 2.75) is 44.0 Å². The summed E-state index contributed by atoms with van der Waals surface area (Å²) in [4.78, 5) is 0. The molecule has 1 atom stereocenters. The molecule has 1 saturated carbocycles. The summed E-state index contributed by atoms with van der Waals surface area (Å²) in [7, 11) is -4.28. The summed E-state index contributed by atoms with van der Waals surface area (Å²) < 4.78 is 45.0. The zero-order chi connectivity index (χ0) is 15.8. The molecule has 6 nitrogen and oxygen atoms in total. The average Bonchev–Trinajstić information content (AvgIpc) is 2.46. The van der Waals surface area contributed by atoms with Crippen molar-refractivity contribution < 1.29 is 22.4 Å². The number of halogens is 1. The van der Waals surface area contributed by atoms with Crippen molar-refractivity contribution in [2.75, 3.05) is 6.54 Å². The van der Waals surface area contributed by atoms with Gasteiger partial charge in [-0.05, 0) is 18.9 Å². The van der Waals surface area contributed by atoms with E-state index in [0.717, 1.165) is 32.1 Å². The van der Waals surface area contributed by atoms with Gasteiger partial charge in [-0.1, -0.05) is 30.2 Å². The van der Waals surface area contributed by atoms with E-state index in [0.29, 0.717) is 16.3 Å². The van der Waals surface area contributed by atoms with Gasteiger partial charge in [0.2, 0.25) is 5.79 Å². The van der Waals surface area contributed by atoms with Crippen LogP contribution < -0.4 is 9.46 Å². The molecule has 122 valence electrons. The van der Waals surface area contributed by atoms with Gasteiger partial charge in [-0.25, -0.2) is 0 Å². The minimum atomic E-state index is -4.28. The SMILES string of the molecule is O=S(=O)(O)NC[C@@H]1OC2(CCCCC2)Oc2c(Cl)cccc21. The Balaban J connectivity index is 1.92. The maximum atomic E-state index is 11.0. The van der Waals surface area contributed by atoms with E-state index < -0.39 is 22.2 Å². The van der Waals surface area contributed by atoms with E-state index in [2.05, 4.69) is 4.72 Å². The molecule has 0 amide bonds. The van der Waals surface area contributed by atoms with Gasteiger partial charge in [-0.2, -0.15) is 13.1 Å². The third-order valence-corrected chi connectivity index (χ3v) is 4.89. The first-order chi connectivity index (χ1) is 10.4. The van der Waals surface area contributed by atoms with Crippen LogP contribution in [0, 0.1) is 0 Å². The van der Waals surface area contributed by atoms with E-state index in [1.807, 2.05) is 0 Å². The van der Waals surface area contributed by atoms with Crippen LogP contribution in [0.3, 0.4) is 0 Å². The second kappa shape index (κ2) is 5.98. The smallest absolute Gasteiger partial charge is 0.333 e. The number of ether oxygens (including phenoxy) is 2. The van der Waals surface area contributed by atoms with Crippen LogP contribution in [0.15, 0.2) is 18.2 Å². The predicted molar refractivity (Wildman–Crippen MR) is 81.3 cm³/mol. The van der Waals surface area contributed by atoms with Crippen LogP contribution in [0.2, 0.25) is 5.02 Å². The molecule has 2 aliphatic rings.